The monoisotopic (exact) mass is 262 g/mol. The van der Waals surface area contributed by atoms with Gasteiger partial charge < -0.3 is 10.1 Å². The van der Waals surface area contributed by atoms with Crippen molar-refractivity contribution in [2.24, 2.45) is 0 Å². The number of benzene rings is 1. The summed E-state index contributed by atoms with van der Waals surface area (Å²) in [6.45, 7) is 9.53. The van der Waals surface area contributed by atoms with Gasteiger partial charge in [0, 0.05) is 31.9 Å². The van der Waals surface area contributed by atoms with Gasteiger partial charge in [0.05, 0.1) is 6.10 Å². The van der Waals surface area contributed by atoms with E-state index in [1.54, 1.807) is 0 Å². The first-order chi connectivity index (χ1) is 9.28. The van der Waals surface area contributed by atoms with E-state index in [0.29, 0.717) is 6.10 Å². The second-order valence-electron chi connectivity index (χ2n) is 5.32. The van der Waals surface area contributed by atoms with Gasteiger partial charge in [0.15, 0.2) is 0 Å². The molecule has 0 bridgehead atoms. The van der Waals surface area contributed by atoms with Crippen molar-refractivity contribution in [3.63, 3.8) is 0 Å². The lowest BCUT2D eigenvalue weighted by Gasteiger charge is -2.23. The number of hydrogen-bond acceptors (Lipinski definition) is 3. The van der Waals surface area contributed by atoms with Crippen LogP contribution in [-0.2, 0) is 4.74 Å². The summed E-state index contributed by atoms with van der Waals surface area (Å²) >= 11 is 0. The number of rotatable bonds is 7. The largest absolute Gasteiger partial charge is 0.384 e. The zero-order chi connectivity index (χ0) is 13.5. The number of nitrogens with one attached hydrogen (secondary N) is 1. The summed E-state index contributed by atoms with van der Waals surface area (Å²) in [6.07, 6.45) is 2.91. The van der Waals surface area contributed by atoms with Crippen molar-refractivity contribution in [1.82, 2.24) is 4.90 Å². The third kappa shape index (κ3) is 4.84. The van der Waals surface area contributed by atoms with E-state index < -0.39 is 0 Å². The molecule has 106 valence electrons. The van der Waals surface area contributed by atoms with Crippen molar-refractivity contribution in [1.29, 1.82) is 0 Å². The molecule has 19 heavy (non-hydrogen) atoms. The Balaban J connectivity index is 1.70. The van der Waals surface area contributed by atoms with Crippen LogP contribution in [0, 0.1) is 6.92 Å². The summed E-state index contributed by atoms with van der Waals surface area (Å²) in [7, 11) is 0. The Labute approximate surface area is 116 Å². The Hall–Kier alpha value is -1.06. The molecule has 1 aromatic carbocycles. The molecule has 0 amide bonds. The molecule has 1 fully saturated rings. The highest BCUT2D eigenvalue weighted by atomic mass is 16.5. The van der Waals surface area contributed by atoms with E-state index in [4.69, 9.17) is 4.74 Å². The standard InChI is InChI=1S/C16H26N2O/c1-3-18(13-16-8-5-11-19-16)10-9-17-15-7-4-6-14(2)12-15/h4,6-7,12,16-17H,3,5,8-11,13H2,1-2H3. The topological polar surface area (TPSA) is 24.5 Å². The molecule has 0 aliphatic carbocycles. The molecule has 1 aliphatic rings. The van der Waals surface area contributed by atoms with Crippen molar-refractivity contribution in [3.8, 4) is 0 Å². The van der Waals surface area contributed by atoms with Gasteiger partial charge in [0.1, 0.15) is 0 Å². The first-order valence-electron chi connectivity index (χ1n) is 7.42. The van der Waals surface area contributed by atoms with E-state index >= 15 is 0 Å². The van der Waals surface area contributed by atoms with Crippen LogP contribution in [0.2, 0.25) is 0 Å². The minimum absolute atomic E-state index is 0.457. The van der Waals surface area contributed by atoms with Gasteiger partial charge in [-0.15, -0.1) is 0 Å². The maximum atomic E-state index is 5.70. The molecule has 1 aliphatic heterocycles. The quantitative estimate of drug-likeness (QED) is 0.817. The minimum Gasteiger partial charge on any atom is -0.384 e. The second-order valence-corrected chi connectivity index (χ2v) is 5.32. The highest BCUT2D eigenvalue weighted by Crippen LogP contribution is 2.13. The van der Waals surface area contributed by atoms with Crippen LogP contribution in [0.15, 0.2) is 24.3 Å². The van der Waals surface area contributed by atoms with Gasteiger partial charge >= 0.3 is 0 Å². The summed E-state index contributed by atoms with van der Waals surface area (Å²) in [4.78, 5) is 2.47. The highest BCUT2D eigenvalue weighted by Gasteiger charge is 2.17. The third-order valence-electron chi connectivity index (χ3n) is 3.71. The molecule has 1 unspecified atom stereocenters. The highest BCUT2D eigenvalue weighted by molar-refractivity contribution is 5.45. The van der Waals surface area contributed by atoms with Crippen LogP contribution in [-0.4, -0.2) is 43.8 Å². The van der Waals surface area contributed by atoms with Crippen molar-refractivity contribution < 1.29 is 4.74 Å². The zero-order valence-electron chi connectivity index (χ0n) is 12.2. The summed E-state index contributed by atoms with van der Waals surface area (Å²) in [5.41, 5.74) is 2.52. The van der Waals surface area contributed by atoms with Gasteiger partial charge in [-0.3, -0.25) is 4.90 Å². The number of nitrogens with zero attached hydrogens (tertiary/aromatic N) is 1. The minimum atomic E-state index is 0.457. The molecule has 1 atom stereocenters. The summed E-state index contributed by atoms with van der Waals surface area (Å²) in [5.74, 6) is 0. The van der Waals surface area contributed by atoms with Crippen LogP contribution in [0.1, 0.15) is 25.3 Å². The Morgan fingerprint density at radius 2 is 2.32 bits per heavy atom. The van der Waals surface area contributed by atoms with Crippen LogP contribution in [0.3, 0.4) is 0 Å². The first-order valence-corrected chi connectivity index (χ1v) is 7.42. The number of likely N-dealkylation sites (N-methyl/N-ethyl adjacent to an activating group) is 1. The van der Waals surface area contributed by atoms with E-state index in [0.717, 1.165) is 32.8 Å². The fourth-order valence-electron chi connectivity index (χ4n) is 2.57. The first kappa shape index (κ1) is 14.4. The van der Waals surface area contributed by atoms with Gasteiger partial charge in [-0.1, -0.05) is 19.1 Å². The number of aryl methyl sites for hydroxylation is 1. The van der Waals surface area contributed by atoms with Gasteiger partial charge in [0.25, 0.3) is 0 Å². The fraction of sp³-hybridized carbons (Fsp3) is 0.625. The van der Waals surface area contributed by atoms with Crippen LogP contribution in [0.4, 0.5) is 5.69 Å². The molecule has 0 aromatic heterocycles. The lowest BCUT2D eigenvalue weighted by atomic mass is 10.2. The van der Waals surface area contributed by atoms with Gasteiger partial charge in [-0.2, -0.15) is 0 Å². The molecule has 2 rings (SSSR count). The van der Waals surface area contributed by atoms with Crippen molar-refractivity contribution in [3.05, 3.63) is 29.8 Å². The number of anilines is 1. The fourth-order valence-corrected chi connectivity index (χ4v) is 2.57. The van der Waals surface area contributed by atoms with Gasteiger partial charge in [-0.25, -0.2) is 0 Å². The third-order valence-corrected chi connectivity index (χ3v) is 3.71. The number of ether oxygens (including phenoxy) is 1. The van der Waals surface area contributed by atoms with Crippen molar-refractivity contribution >= 4 is 5.69 Å². The molecule has 0 spiro atoms. The summed E-state index contributed by atoms with van der Waals surface area (Å²) in [6, 6.07) is 8.54. The summed E-state index contributed by atoms with van der Waals surface area (Å²) < 4.78 is 5.70. The van der Waals surface area contributed by atoms with Crippen molar-refractivity contribution in [2.75, 3.05) is 38.1 Å². The average molecular weight is 262 g/mol. The molecule has 1 saturated heterocycles. The molecule has 0 saturated carbocycles. The molecule has 1 N–H and O–H groups in total. The van der Waals surface area contributed by atoms with Gasteiger partial charge in [-0.05, 0) is 44.0 Å². The average Bonchev–Trinajstić information content (AvgIpc) is 2.90. The Morgan fingerprint density at radius 3 is 3.00 bits per heavy atom. The van der Waals surface area contributed by atoms with E-state index in [1.807, 2.05) is 0 Å². The normalized spacial score (nSPS) is 19.0. The van der Waals surface area contributed by atoms with Gasteiger partial charge in [0.2, 0.25) is 0 Å². The van der Waals surface area contributed by atoms with Crippen LogP contribution < -0.4 is 5.32 Å². The zero-order valence-corrected chi connectivity index (χ0v) is 12.2. The second kappa shape index (κ2) is 7.51. The Kier molecular flexibility index (Phi) is 5.67. The van der Waals surface area contributed by atoms with Crippen LogP contribution in [0.25, 0.3) is 0 Å². The van der Waals surface area contributed by atoms with Crippen molar-refractivity contribution in [2.45, 2.75) is 32.8 Å². The molecule has 1 heterocycles. The van der Waals surface area contributed by atoms with Crippen LogP contribution in [0.5, 0.6) is 0 Å². The van der Waals surface area contributed by atoms with E-state index in [-0.39, 0.29) is 0 Å². The van der Waals surface area contributed by atoms with E-state index in [9.17, 15) is 0 Å². The smallest absolute Gasteiger partial charge is 0.0702 e. The molecule has 1 aromatic rings. The molecular weight excluding hydrogens is 236 g/mol. The summed E-state index contributed by atoms with van der Waals surface area (Å²) in [5, 5.41) is 3.49. The molecule has 0 radical (unpaired) electrons. The lowest BCUT2D eigenvalue weighted by molar-refractivity contribution is 0.0761. The molecule has 3 nitrogen and oxygen atoms in total. The maximum absolute atomic E-state index is 5.70. The Bertz CT molecular complexity index is 375. The van der Waals surface area contributed by atoms with Crippen LogP contribution >= 0.6 is 0 Å². The number of hydrogen-bond donors (Lipinski definition) is 1. The van der Waals surface area contributed by atoms with E-state index in [2.05, 4.69) is 48.3 Å². The predicted octanol–water partition coefficient (Wildman–Crippen LogP) is 2.91. The maximum Gasteiger partial charge on any atom is 0.0702 e. The van der Waals surface area contributed by atoms with E-state index in [1.165, 1.54) is 24.1 Å². The lowest BCUT2D eigenvalue weighted by Crippen LogP contribution is -2.35. The Morgan fingerprint density at radius 1 is 1.42 bits per heavy atom. The predicted molar refractivity (Wildman–Crippen MR) is 80.8 cm³/mol. The molecular formula is C16H26N2O. The SMILES string of the molecule is CCN(CCNc1cccc(C)c1)CC1CCCO1. The molecule has 3 heteroatoms.